The molecule has 4 rings (SSSR count). The minimum Gasteiger partial charge on any atom is -0.293 e. The molecular formula is C26H20O. The lowest BCUT2D eigenvalue weighted by Crippen LogP contribution is -2.14. The number of ketones is 1. The molecule has 0 aromatic heterocycles. The number of carbonyl (C=O) groups excluding carboxylic acids is 1. The topological polar surface area (TPSA) is 17.1 Å². The summed E-state index contributed by atoms with van der Waals surface area (Å²) in [5, 5.41) is 0. The molecule has 0 aliphatic carbocycles. The Morgan fingerprint density at radius 2 is 0.926 bits per heavy atom. The molecule has 0 heterocycles. The van der Waals surface area contributed by atoms with Crippen molar-refractivity contribution in [2.45, 2.75) is 5.92 Å². The zero-order chi connectivity index (χ0) is 18.5. The van der Waals surface area contributed by atoms with Crippen LogP contribution in [-0.2, 0) is 0 Å². The molecule has 0 radical (unpaired) electrons. The highest BCUT2D eigenvalue weighted by Crippen LogP contribution is 2.30. The number of hydrogen-bond acceptors (Lipinski definition) is 1. The van der Waals surface area contributed by atoms with Crippen LogP contribution in [0.1, 0.15) is 27.4 Å². The molecule has 0 aliphatic rings. The third-order valence-corrected chi connectivity index (χ3v) is 4.80. The second-order valence-corrected chi connectivity index (χ2v) is 6.56. The number of benzene rings is 4. The normalized spacial score (nSPS) is 11.7. The fourth-order valence-electron chi connectivity index (χ4n) is 3.41. The van der Waals surface area contributed by atoms with Crippen molar-refractivity contribution in [2.24, 2.45) is 0 Å². The van der Waals surface area contributed by atoms with Gasteiger partial charge in [-0.05, 0) is 22.3 Å². The number of Topliss-reactive ketones (excluding diaryl/α,β-unsaturated/α-hetero) is 1. The van der Waals surface area contributed by atoms with E-state index >= 15 is 0 Å². The van der Waals surface area contributed by atoms with Gasteiger partial charge < -0.3 is 0 Å². The van der Waals surface area contributed by atoms with Crippen LogP contribution in [0, 0.1) is 0 Å². The molecule has 0 spiro atoms. The van der Waals surface area contributed by atoms with E-state index in [9.17, 15) is 4.79 Å². The van der Waals surface area contributed by atoms with E-state index in [2.05, 4.69) is 36.4 Å². The zero-order valence-electron chi connectivity index (χ0n) is 15.0. The molecule has 0 bridgehead atoms. The molecule has 130 valence electrons. The summed E-state index contributed by atoms with van der Waals surface area (Å²) >= 11 is 0. The van der Waals surface area contributed by atoms with Crippen LogP contribution in [0.15, 0.2) is 115 Å². The maximum Gasteiger partial charge on any atom is 0.174 e. The van der Waals surface area contributed by atoms with Gasteiger partial charge in [0.1, 0.15) is 0 Å². The van der Waals surface area contributed by atoms with Crippen molar-refractivity contribution in [3.8, 4) is 11.1 Å². The highest BCUT2D eigenvalue weighted by Gasteiger charge is 2.23. The first kappa shape index (κ1) is 17.0. The van der Waals surface area contributed by atoms with Gasteiger partial charge in [0.25, 0.3) is 0 Å². The molecule has 1 atom stereocenters. The summed E-state index contributed by atoms with van der Waals surface area (Å²) in [7, 11) is 0. The molecule has 1 unspecified atom stereocenters. The maximum absolute atomic E-state index is 13.3. The lowest BCUT2D eigenvalue weighted by atomic mass is 9.84. The standard InChI is InChI=1S/C26H20O/c27-26(24-14-8-3-9-15-24)25(22-12-6-2-7-13-22)23-18-16-21(17-19-23)20-10-4-1-5-11-20/h1-19,25H. The molecule has 0 N–H and O–H groups in total. The van der Waals surface area contributed by atoms with Gasteiger partial charge in [0.2, 0.25) is 0 Å². The van der Waals surface area contributed by atoms with Crippen LogP contribution in [0.3, 0.4) is 0 Å². The monoisotopic (exact) mass is 348 g/mol. The number of rotatable bonds is 5. The van der Waals surface area contributed by atoms with Crippen LogP contribution in [0.2, 0.25) is 0 Å². The molecule has 4 aromatic carbocycles. The molecule has 0 fully saturated rings. The molecule has 0 amide bonds. The Balaban J connectivity index is 1.74. The third kappa shape index (κ3) is 3.73. The minimum atomic E-state index is -0.307. The van der Waals surface area contributed by atoms with Crippen molar-refractivity contribution in [1.29, 1.82) is 0 Å². The van der Waals surface area contributed by atoms with Crippen LogP contribution in [0.5, 0.6) is 0 Å². The lowest BCUT2D eigenvalue weighted by Gasteiger charge is -2.18. The molecule has 1 nitrogen and oxygen atoms in total. The van der Waals surface area contributed by atoms with E-state index in [-0.39, 0.29) is 11.7 Å². The van der Waals surface area contributed by atoms with Gasteiger partial charge in [-0.1, -0.05) is 115 Å². The van der Waals surface area contributed by atoms with E-state index in [0.717, 1.165) is 22.3 Å². The Bertz CT molecular complexity index is 1000. The average Bonchev–Trinajstić information content (AvgIpc) is 2.76. The Hall–Kier alpha value is -3.45. The van der Waals surface area contributed by atoms with Gasteiger partial charge >= 0.3 is 0 Å². The second kappa shape index (κ2) is 7.84. The van der Waals surface area contributed by atoms with E-state index < -0.39 is 0 Å². The Labute approximate surface area is 159 Å². The molecule has 0 saturated carbocycles. The Kier molecular flexibility index (Phi) is 4.93. The summed E-state index contributed by atoms with van der Waals surface area (Å²) in [6, 6.07) is 38.1. The highest BCUT2D eigenvalue weighted by molar-refractivity contribution is 6.03. The maximum atomic E-state index is 13.3. The third-order valence-electron chi connectivity index (χ3n) is 4.80. The van der Waals surface area contributed by atoms with Crippen LogP contribution in [0.25, 0.3) is 11.1 Å². The van der Waals surface area contributed by atoms with Gasteiger partial charge in [0.15, 0.2) is 5.78 Å². The fourth-order valence-corrected chi connectivity index (χ4v) is 3.41. The molecule has 0 aliphatic heterocycles. The van der Waals surface area contributed by atoms with Crippen molar-refractivity contribution in [2.75, 3.05) is 0 Å². The summed E-state index contributed by atoms with van der Waals surface area (Å²) in [6.07, 6.45) is 0. The highest BCUT2D eigenvalue weighted by atomic mass is 16.1. The van der Waals surface area contributed by atoms with Gasteiger partial charge in [-0.15, -0.1) is 0 Å². The van der Waals surface area contributed by atoms with Crippen molar-refractivity contribution in [3.63, 3.8) is 0 Å². The van der Waals surface area contributed by atoms with Crippen LogP contribution >= 0.6 is 0 Å². The Morgan fingerprint density at radius 1 is 0.481 bits per heavy atom. The number of carbonyl (C=O) groups is 1. The zero-order valence-corrected chi connectivity index (χ0v) is 15.0. The largest absolute Gasteiger partial charge is 0.293 e. The van der Waals surface area contributed by atoms with Gasteiger partial charge in [-0.2, -0.15) is 0 Å². The van der Waals surface area contributed by atoms with Crippen LogP contribution < -0.4 is 0 Å². The van der Waals surface area contributed by atoms with E-state index in [1.165, 1.54) is 5.56 Å². The quantitative estimate of drug-likeness (QED) is 0.383. The predicted molar refractivity (Wildman–Crippen MR) is 111 cm³/mol. The SMILES string of the molecule is O=C(c1ccccc1)C(c1ccccc1)c1ccc(-c2ccccc2)cc1. The summed E-state index contributed by atoms with van der Waals surface area (Å²) in [5.74, 6) is -0.187. The average molecular weight is 348 g/mol. The first-order chi connectivity index (χ1) is 13.3. The van der Waals surface area contributed by atoms with E-state index in [1.54, 1.807) is 0 Å². The van der Waals surface area contributed by atoms with E-state index in [1.807, 2.05) is 78.9 Å². The van der Waals surface area contributed by atoms with Gasteiger partial charge in [-0.3, -0.25) is 4.79 Å². The van der Waals surface area contributed by atoms with Crippen molar-refractivity contribution in [1.82, 2.24) is 0 Å². The summed E-state index contributed by atoms with van der Waals surface area (Å²) in [5.41, 5.74) is 5.08. The van der Waals surface area contributed by atoms with Crippen molar-refractivity contribution in [3.05, 3.63) is 132 Å². The first-order valence-corrected chi connectivity index (χ1v) is 9.12. The fraction of sp³-hybridized carbons (Fsp3) is 0.0385. The van der Waals surface area contributed by atoms with Crippen molar-refractivity contribution < 1.29 is 4.79 Å². The predicted octanol–water partition coefficient (Wildman–Crippen LogP) is 6.37. The molecule has 0 saturated heterocycles. The van der Waals surface area contributed by atoms with E-state index in [4.69, 9.17) is 0 Å². The first-order valence-electron chi connectivity index (χ1n) is 9.12. The molecule has 1 heteroatoms. The van der Waals surface area contributed by atoms with Crippen molar-refractivity contribution >= 4 is 5.78 Å². The molecule has 4 aromatic rings. The number of hydrogen-bond donors (Lipinski definition) is 0. The van der Waals surface area contributed by atoms with E-state index in [0.29, 0.717) is 0 Å². The second-order valence-electron chi connectivity index (χ2n) is 6.56. The van der Waals surface area contributed by atoms with Gasteiger partial charge in [0.05, 0.1) is 5.92 Å². The molecule has 27 heavy (non-hydrogen) atoms. The van der Waals surface area contributed by atoms with Gasteiger partial charge in [-0.25, -0.2) is 0 Å². The lowest BCUT2D eigenvalue weighted by molar-refractivity contribution is 0.0974. The summed E-state index contributed by atoms with van der Waals surface area (Å²) in [6.45, 7) is 0. The van der Waals surface area contributed by atoms with Crippen LogP contribution in [0.4, 0.5) is 0 Å². The summed E-state index contributed by atoms with van der Waals surface area (Å²) in [4.78, 5) is 13.3. The van der Waals surface area contributed by atoms with Gasteiger partial charge in [0, 0.05) is 5.56 Å². The molecular weight excluding hydrogens is 328 g/mol. The minimum absolute atomic E-state index is 0.120. The van der Waals surface area contributed by atoms with Crippen LogP contribution in [-0.4, -0.2) is 5.78 Å². The summed E-state index contributed by atoms with van der Waals surface area (Å²) < 4.78 is 0. The Morgan fingerprint density at radius 3 is 1.52 bits per heavy atom. The smallest absolute Gasteiger partial charge is 0.174 e.